The van der Waals surface area contributed by atoms with Crippen LogP contribution in [0.1, 0.15) is 41.9 Å². The zero-order valence-corrected chi connectivity index (χ0v) is 15.2. The Kier molecular flexibility index (Phi) is 4.09. The average molecular weight is 362 g/mol. The molecular weight excluding hydrogens is 342 g/mol. The van der Waals surface area contributed by atoms with Crippen molar-refractivity contribution in [1.82, 2.24) is 35.0 Å². The molecule has 0 radical (unpaired) electrons. The highest BCUT2D eigenvalue weighted by atomic mass is 35.5. The van der Waals surface area contributed by atoms with Gasteiger partial charge in [0.25, 0.3) is 0 Å². The molecule has 0 unspecified atom stereocenters. The molecule has 1 N–H and O–H groups in total. The Morgan fingerprint density at radius 2 is 2.24 bits per heavy atom. The van der Waals surface area contributed by atoms with Gasteiger partial charge in [0.15, 0.2) is 5.82 Å². The van der Waals surface area contributed by atoms with Crippen molar-refractivity contribution in [2.24, 2.45) is 7.05 Å². The molecule has 0 spiro atoms. The van der Waals surface area contributed by atoms with Crippen molar-refractivity contribution in [3.8, 4) is 11.4 Å². The summed E-state index contributed by atoms with van der Waals surface area (Å²) in [6.07, 6.45) is 2.14. The SMILES string of the molecule is Cc1nc([C@@H]2CCCN2Cc2c(-c3cc(C)on3)nn(C)c2Cl)n[nH]1. The second kappa shape index (κ2) is 6.27. The topological polar surface area (TPSA) is 88.7 Å². The third-order valence-corrected chi connectivity index (χ3v) is 5.05. The lowest BCUT2D eigenvalue weighted by Crippen LogP contribution is -2.24. The number of nitrogens with zero attached hydrogens (tertiary/aromatic N) is 6. The quantitative estimate of drug-likeness (QED) is 0.768. The van der Waals surface area contributed by atoms with Crippen molar-refractivity contribution >= 4 is 11.6 Å². The van der Waals surface area contributed by atoms with Gasteiger partial charge < -0.3 is 4.52 Å². The molecule has 1 atom stereocenters. The molecule has 3 aromatic heterocycles. The van der Waals surface area contributed by atoms with Crippen LogP contribution in [0.5, 0.6) is 0 Å². The van der Waals surface area contributed by atoms with Crippen LogP contribution in [0.15, 0.2) is 10.6 Å². The molecule has 8 nitrogen and oxygen atoms in total. The number of hydrogen-bond acceptors (Lipinski definition) is 6. The molecule has 1 aliphatic heterocycles. The lowest BCUT2D eigenvalue weighted by molar-refractivity contribution is 0.240. The number of rotatable bonds is 4. The van der Waals surface area contributed by atoms with Crippen molar-refractivity contribution in [2.45, 2.75) is 39.3 Å². The number of nitrogens with one attached hydrogen (secondary N) is 1. The average Bonchev–Trinajstić information content (AvgIpc) is 3.33. The first-order valence-electron chi connectivity index (χ1n) is 8.31. The number of aromatic nitrogens is 6. The highest BCUT2D eigenvalue weighted by Crippen LogP contribution is 2.35. The Morgan fingerprint density at radius 1 is 1.40 bits per heavy atom. The van der Waals surface area contributed by atoms with E-state index in [1.54, 1.807) is 4.68 Å². The minimum atomic E-state index is 0.188. The van der Waals surface area contributed by atoms with Crippen molar-refractivity contribution in [3.63, 3.8) is 0 Å². The number of halogens is 1. The summed E-state index contributed by atoms with van der Waals surface area (Å²) in [4.78, 5) is 6.86. The molecule has 0 bridgehead atoms. The van der Waals surface area contributed by atoms with Crippen LogP contribution in [-0.2, 0) is 13.6 Å². The molecular formula is C16H20ClN7O. The van der Waals surface area contributed by atoms with Crippen LogP contribution in [-0.4, -0.2) is 41.6 Å². The second-order valence-electron chi connectivity index (χ2n) is 6.47. The highest BCUT2D eigenvalue weighted by Gasteiger charge is 2.31. The van der Waals surface area contributed by atoms with Crippen molar-refractivity contribution in [3.05, 3.63) is 34.2 Å². The van der Waals surface area contributed by atoms with Gasteiger partial charge in [-0.2, -0.15) is 10.2 Å². The predicted octanol–water partition coefficient (Wildman–Crippen LogP) is 2.80. The summed E-state index contributed by atoms with van der Waals surface area (Å²) in [6.45, 7) is 5.43. The van der Waals surface area contributed by atoms with Gasteiger partial charge in [0.2, 0.25) is 0 Å². The van der Waals surface area contributed by atoms with Gasteiger partial charge in [-0.25, -0.2) is 4.98 Å². The summed E-state index contributed by atoms with van der Waals surface area (Å²) in [6, 6.07) is 2.07. The monoisotopic (exact) mass is 361 g/mol. The number of hydrogen-bond donors (Lipinski definition) is 1. The first-order valence-corrected chi connectivity index (χ1v) is 8.68. The largest absolute Gasteiger partial charge is 0.361 e. The lowest BCUT2D eigenvalue weighted by Gasteiger charge is -2.22. The summed E-state index contributed by atoms with van der Waals surface area (Å²) < 4.78 is 6.88. The van der Waals surface area contributed by atoms with Crippen molar-refractivity contribution < 1.29 is 4.52 Å². The zero-order valence-electron chi connectivity index (χ0n) is 14.5. The molecule has 25 heavy (non-hydrogen) atoms. The van der Waals surface area contributed by atoms with E-state index in [0.717, 1.165) is 48.1 Å². The van der Waals surface area contributed by atoms with Gasteiger partial charge in [0.05, 0.1) is 6.04 Å². The van der Waals surface area contributed by atoms with Gasteiger partial charge in [-0.3, -0.25) is 14.7 Å². The fourth-order valence-electron chi connectivity index (χ4n) is 3.39. The highest BCUT2D eigenvalue weighted by molar-refractivity contribution is 6.30. The predicted molar refractivity (Wildman–Crippen MR) is 92.0 cm³/mol. The fourth-order valence-corrected chi connectivity index (χ4v) is 3.58. The molecule has 4 heterocycles. The fraction of sp³-hybridized carbons (Fsp3) is 0.500. The zero-order chi connectivity index (χ0) is 17.6. The van der Waals surface area contributed by atoms with E-state index in [1.165, 1.54) is 0 Å². The molecule has 4 rings (SSSR count). The molecule has 0 aliphatic carbocycles. The van der Waals surface area contributed by atoms with Gasteiger partial charge in [-0.05, 0) is 33.2 Å². The van der Waals surface area contributed by atoms with Crippen LogP contribution in [0.3, 0.4) is 0 Å². The molecule has 1 saturated heterocycles. The molecule has 1 aliphatic rings. The molecule has 3 aromatic rings. The van der Waals surface area contributed by atoms with Crippen LogP contribution in [0, 0.1) is 13.8 Å². The summed E-state index contributed by atoms with van der Waals surface area (Å²) in [5.41, 5.74) is 2.43. The van der Waals surface area contributed by atoms with Gasteiger partial charge in [0, 0.05) is 25.2 Å². The van der Waals surface area contributed by atoms with Crippen LogP contribution in [0.2, 0.25) is 5.15 Å². The molecule has 9 heteroatoms. The third-order valence-electron chi connectivity index (χ3n) is 4.58. The van der Waals surface area contributed by atoms with Crippen molar-refractivity contribution in [1.29, 1.82) is 0 Å². The van der Waals surface area contributed by atoms with Crippen LogP contribution >= 0.6 is 11.6 Å². The molecule has 0 saturated carbocycles. The Bertz CT molecular complexity index is 896. The minimum absolute atomic E-state index is 0.188. The Morgan fingerprint density at radius 3 is 2.92 bits per heavy atom. The molecule has 132 valence electrons. The Balaban J connectivity index is 1.66. The maximum Gasteiger partial charge on any atom is 0.167 e. The standard InChI is InChI=1S/C16H20ClN7O/c1-9-7-12(22-25-9)14-11(15(17)23(3)21-14)8-24-6-4-5-13(24)16-18-10(2)19-20-16/h7,13H,4-6,8H2,1-3H3,(H,18,19,20)/t13-/m0/s1. The van der Waals surface area contributed by atoms with E-state index in [4.69, 9.17) is 16.1 Å². The summed E-state index contributed by atoms with van der Waals surface area (Å²) in [7, 11) is 1.84. The van der Waals surface area contributed by atoms with E-state index >= 15 is 0 Å². The van der Waals surface area contributed by atoms with E-state index in [-0.39, 0.29) is 6.04 Å². The Hall–Kier alpha value is -2.19. The maximum absolute atomic E-state index is 6.52. The van der Waals surface area contributed by atoms with Gasteiger partial charge >= 0.3 is 0 Å². The third kappa shape index (κ3) is 2.96. The number of H-pyrrole nitrogens is 1. The van der Waals surface area contributed by atoms with Crippen LogP contribution < -0.4 is 0 Å². The minimum Gasteiger partial charge on any atom is -0.361 e. The molecule has 0 aromatic carbocycles. The summed E-state index contributed by atoms with van der Waals surface area (Å²) >= 11 is 6.52. The first-order chi connectivity index (χ1) is 12.0. The van der Waals surface area contributed by atoms with Gasteiger partial charge in [-0.15, -0.1) is 0 Å². The lowest BCUT2D eigenvalue weighted by atomic mass is 10.1. The maximum atomic E-state index is 6.52. The van der Waals surface area contributed by atoms with E-state index in [9.17, 15) is 0 Å². The normalized spacial score (nSPS) is 18.3. The van der Waals surface area contributed by atoms with Crippen LogP contribution in [0.25, 0.3) is 11.4 Å². The van der Waals surface area contributed by atoms with Gasteiger partial charge in [0.1, 0.15) is 28.1 Å². The molecule has 0 amide bonds. The van der Waals surface area contributed by atoms with Gasteiger partial charge in [-0.1, -0.05) is 16.8 Å². The first kappa shape index (κ1) is 16.3. The smallest absolute Gasteiger partial charge is 0.167 e. The van der Waals surface area contributed by atoms with E-state index in [1.807, 2.05) is 27.0 Å². The number of aromatic amines is 1. The number of aryl methyl sites for hydroxylation is 3. The van der Waals surface area contributed by atoms with Crippen molar-refractivity contribution in [2.75, 3.05) is 6.54 Å². The van der Waals surface area contributed by atoms with Crippen LogP contribution in [0.4, 0.5) is 0 Å². The summed E-state index contributed by atoms with van der Waals surface area (Å²) in [5, 5.41) is 16.5. The van der Waals surface area contributed by atoms with E-state index < -0.39 is 0 Å². The molecule has 1 fully saturated rings. The summed E-state index contributed by atoms with van der Waals surface area (Å²) in [5.74, 6) is 2.42. The number of likely N-dealkylation sites (tertiary alicyclic amines) is 1. The van der Waals surface area contributed by atoms with E-state index in [0.29, 0.717) is 17.4 Å². The van der Waals surface area contributed by atoms with E-state index in [2.05, 4.69) is 30.3 Å². The Labute approximate surface area is 150 Å². The second-order valence-corrected chi connectivity index (χ2v) is 6.83.